The maximum atomic E-state index is 12.4. The largest absolute Gasteiger partial charge is 0.493 e. The van der Waals surface area contributed by atoms with Crippen molar-refractivity contribution in [3.8, 4) is 17.2 Å². The Kier molecular flexibility index (Phi) is 8.51. The molecule has 0 heterocycles. The predicted molar refractivity (Wildman–Crippen MR) is 132 cm³/mol. The minimum absolute atomic E-state index is 0.174. The van der Waals surface area contributed by atoms with Crippen molar-refractivity contribution in [3.63, 3.8) is 0 Å². The van der Waals surface area contributed by atoms with E-state index in [0.29, 0.717) is 22.1 Å². The number of methoxy groups -OCH3 is 1. The van der Waals surface area contributed by atoms with Crippen molar-refractivity contribution in [2.45, 2.75) is 13.8 Å². The van der Waals surface area contributed by atoms with Crippen LogP contribution in [0.4, 0.5) is 0 Å². The molecule has 0 saturated heterocycles. The number of aryl methyl sites for hydroxylation is 2. The first-order valence-corrected chi connectivity index (χ1v) is 10.9. The lowest BCUT2D eigenvalue weighted by molar-refractivity contribution is -0.123. The van der Waals surface area contributed by atoms with Crippen LogP contribution in [0.15, 0.2) is 59.7 Å². The molecule has 0 bridgehead atoms. The fourth-order valence-corrected chi connectivity index (χ4v) is 3.09. The fraction of sp³-hybridized carbons (Fsp3) is 0.160. The van der Waals surface area contributed by atoms with E-state index in [4.69, 9.17) is 37.4 Å². The zero-order valence-electron chi connectivity index (χ0n) is 18.7. The molecule has 0 unspecified atom stereocenters. The highest BCUT2D eigenvalue weighted by atomic mass is 35.5. The van der Waals surface area contributed by atoms with Gasteiger partial charge in [-0.2, -0.15) is 5.10 Å². The van der Waals surface area contributed by atoms with Crippen molar-refractivity contribution in [2.75, 3.05) is 13.7 Å². The van der Waals surface area contributed by atoms with Crippen LogP contribution in [0.25, 0.3) is 0 Å². The third-order valence-electron chi connectivity index (χ3n) is 4.80. The first kappa shape index (κ1) is 25.1. The zero-order chi connectivity index (χ0) is 24.7. The maximum Gasteiger partial charge on any atom is 0.343 e. The minimum atomic E-state index is -0.616. The third-order valence-corrected chi connectivity index (χ3v) is 5.54. The number of ether oxygens (including phenoxy) is 3. The Labute approximate surface area is 207 Å². The molecule has 0 aliphatic rings. The van der Waals surface area contributed by atoms with Gasteiger partial charge in [0, 0.05) is 0 Å². The molecule has 3 aromatic carbocycles. The molecule has 1 amide bonds. The highest BCUT2D eigenvalue weighted by Crippen LogP contribution is 2.29. The summed E-state index contributed by atoms with van der Waals surface area (Å²) >= 11 is 11.8. The number of nitrogens with zero attached hydrogens (tertiary/aromatic N) is 1. The molecule has 3 aromatic rings. The van der Waals surface area contributed by atoms with Gasteiger partial charge in [0.15, 0.2) is 18.1 Å². The topological polar surface area (TPSA) is 86.2 Å². The zero-order valence-corrected chi connectivity index (χ0v) is 20.2. The summed E-state index contributed by atoms with van der Waals surface area (Å²) in [6.07, 6.45) is 1.43. The fourth-order valence-electron chi connectivity index (χ4n) is 2.79. The van der Waals surface area contributed by atoms with E-state index in [2.05, 4.69) is 10.5 Å². The van der Waals surface area contributed by atoms with E-state index >= 15 is 0 Å². The highest BCUT2D eigenvalue weighted by Gasteiger charge is 2.14. The Morgan fingerprint density at radius 1 is 0.941 bits per heavy atom. The van der Waals surface area contributed by atoms with Gasteiger partial charge in [0.1, 0.15) is 5.75 Å². The molecule has 0 aliphatic carbocycles. The molecule has 9 heteroatoms. The van der Waals surface area contributed by atoms with E-state index in [1.165, 1.54) is 31.5 Å². The van der Waals surface area contributed by atoms with Crippen LogP contribution in [0, 0.1) is 13.8 Å². The first-order chi connectivity index (χ1) is 16.3. The van der Waals surface area contributed by atoms with Gasteiger partial charge < -0.3 is 14.2 Å². The number of amides is 1. The Morgan fingerprint density at radius 2 is 1.74 bits per heavy atom. The number of esters is 1. The lowest BCUT2D eigenvalue weighted by Gasteiger charge is -2.10. The second-order valence-corrected chi connectivity index (χ2v) is 8.07. The monoisotopic (exact) mass is 500 g/mol. The molecule has 1 N–H and O–H groups in total. The van der Waals surface area contributed by atoms with Gasteiger partial charge in [-0.05, 0) is 79.1 Å². The van der Waals surface area contributed by atoms with Gasteiger partial charge in [0.05, 0.1) is 28.9 Å². The Morgan fingerprint density at radius 3 is 2.44 bits per heavy atom. The second kappa shape index (κ2) is 11.5. The predicted octanol–water partition coefficient (Wildman–Crippen LogP) is 5.37. The average Bonchev–Trinajstić information content (AvgIpc) is 2.82. The number of hydrogen-bond acceptors (Lipinski definition) is 6. The van der Waals surface area contributed by atoms with Crippen LogP contribution in [0.1, 0.15) is 27.0 Å². The number of rotatable bonds is 8. The number of hydrazone groups is 1. The Balaban J connectivity index is 1.57. The molecular weight excluding hydrogens is 479 g/mol. The minimum Gasteiger partial charge on any atom is -0.493 e. The van der Waals surface area contributed by atoms with Crippen LogP contribution in [0.5, 0.6) is 17.2 Å². The van der Waals surface area contributed by atoms with Crippen molar-refractivity contribution < 1.29 is 23.8 Å². The molecule has 0 saturated carbocycles. The van der Waals surface area contributed by atoms with Gasteiger partial charge in [-0.25, -0.2) is 10.2 Å². The lowest BCUT2D eigenvalue weighted by Crippen LogP contribution is -2.24. The summed E-state index contributed by atoms with van der Waals surface area (Å²) < 4.78 is 16.2. The molecule has 176 valence electrons. The summed E-state index contributed by atoms with van der Waals surface area (Å²) in [5.74, 6) is 0.101. The summed E-state index contributed by atoms with van der Waals surface area (Å²) in [7, 11) is 1.44. The van der Waals surface area contributed by atoms with Crippen molar-refractivity contribution in [1.82, 2.24) is 5.43 Å². The smallest absolute Gasteiger partial charge is 0.343 e. The van der Waals surface area contributed by atoms with Crippen molar-refractivity contribution in [2.24, 2.45) is 5.10 Å². The van der Waals surface area contributed by atoms with E-state index in [0.717, 1.165) is 11.1 Å². The maximum absolute atomic E-state index is 12.4. The van der Waals surface area contributed by atoms with Gasteiger partial charge in [0.25, 0.3) is 5.91 Å². The quantitative estimate of drug-likeness (QED) is 0.194. The van der Waals surface area contributed by atoms with Gasteiger partial charge in [-0.15, -0.1) is 0 Å². The summed E-state index contributed by atoms with van der Waals surface area (Å²) in [6, 6.07) is 14.9. The van der Waals surface area contributed by atoms with Gasteiger partial charge >= 0.3 is 5.97 Å². The van der Waals surface area contributed by atoms with Gasteiger partial charge in [-0.1, -0.05) is 29.3 Å². The van der Waals surface area contributed by atoms with E-state index < -0.39 is 11.9 Å². The molecule has 0 spiro atoms. The third kappa shape index (κ3) is 6.73. The second-order valence-electron chi connectivity index (χ2n) is 7.26. The van der Waals surface area contributed by atoms with Gasteiger partial charge in [0.2, 0.25) is 0 Å². The molecule has 34 heavy (non-hydrogen) atoms. The Bertz CT molecular complexity index is 1240. The summed E-state index contributed by atoms with van der Waals surface area (Å²) in [4.78, 5) is 24.4. The first-order valence-electron chi connectivity index (χ1n) is 10.1. The number of hydrogen-bond donors (Lipinski definition) is 1. The normalized spacial score (nSPS) is 10.7. The van der Waals surface area contributed by atoms with Crippen molar-refractivity contribution in [3.05, 3.63) is 86.9 Å². The number of benzene rings is 3. The van der Waals surface area contributed by atoms with E-state index in [-0.39, 0.29) is 22.9 Å². The summed E-state index contributed by atoms with van der Waals surface area (Å²) in [5.41, 5.74) is 5.48. The van der Waals surface area contributed by atoms with Gasteiger partial charge in [-0.3, -0.25) is 4.79 Å². The Hall–Kier alpha value is -3.55. The van der Waals surface area contributed by atoms with E-state index in [1.54, 1.807) is 24.3 Å². The van der Waals surface area contributed by atoms with Crippen LogP contribution in [-0.4, -0.2) is 31.8 Å². The standard InChI is InChI=1S/C25H22Cl2N2O5/c1-15-4-7-19(10-16(15)2)33-14-24(30)29-28-13-17-5-9-22(23(11-17)32-3)34-25(31)18-6-8-20(26)21(27)12-18/h4-13H,14H2,1-3H3,(H,29,30). The number of carbonyl (C=O) groups is 2. The number of carbonyl (C=O) groups excluding carboxylic acids is 2. The van der Waals surface area contributed by atoms with Crippen molar-refractivity contribution in [1.29, 1.82) is 0 Å². The molecule has 0 radical (unpaired) electrons. The van der Waals surface area contributed by atoms with Crippen molar-refractivity contribution >= 4 is 41.3 Å². The van der Waals surface area contributed by atoms with Crippen LogP contribution in [-0.2, 0) is 4.79 Å². The van der Waals surface area contributed by atoms with Crippen LogP contribution in [0.2, 0.25) is 10.0 Å². The number of halogens is 2. The number of nitrogens with one attached hydrogen (secondary N) is 1. The summed E-state index contributed by atoms with van der Waals surface area (Å²) in [6.45, 7) is 3.80. The van der Waals surface area contributed by atoms with Crippen LogP contribution in [0.3, 0.4) is 0 Å². The molecule has 0 aliphatic heterocycles. The molecule has 7 nitrogen and oxygen atoms in total. The molecule has 3 rings (SSSR count). The lowest BCUT2D eigenvalue weighted by atomic mass is 10.1. The average molecular weight is 501 g/mol. The molecule has 0 aromatic heterocycles. The van der Waals surface area contributed by atoms with E-state index in [1.807, 2.05) is 26.0 Å². The molecule has 0 atom stereocenters. The highest BCUT2D eigenvalue weighted by molar-refractivity contribution is 6.42. The van der Waals surface area contributed by atoms with Crippen LogP contribution >= 0.6 is 23.2 Å². The van der Waals surface area contributed by atoms with Crippen LogP contribution < -0.4 is 19.6 Å². The van der Waals surface area contributed by atoms with E-state index in [9.17, 15) is 9.59 Å². The summed E-state index contributed by atoms with van der Waals surface area (Å²) in [5, 5.41) is 4.50. The molecular formula is C25H22Cl2N2O5. The molecule has 0 fully saturated rings. The SMILES string of the molecule is COc1cc(C=NNC(=O)COc2ccc(C)c(C)c2)ccc1OC(=O)c1ccc(Cl)c(Cl)c1.